The summed E-state index contributed by atoms with van der Waals surface area (Å²) in [4.78, 5) is 2.56. The van der Waals surface area contributed by atoms with Crippen molar-refractivity contribution in [2.45, 2.75) is 51.8 Å². The van der Waals surface area contributed by atoms with E-state index in [1.54, 1.807) is 7.11 Å². The molecule has 0 aliphatic carbocycles. The van der Waals surface area contributed by atoms with Gasteiger partial charge in [-0.15, -0.1) is 0 Å². The van der Waals surface area contributed by atoms with E-state index in [2.05, 4.69) is 45.0 Å². The first kappa shape index (κ1) is 13.9. The van der Waals surface area contributed by atoms with E-state index in [0.29, 0.717) is 18.0 Å². The van der Waals surface area contributed by atoms with Gasteiger partial charge in [0.05, 0.1) is 5.60 Å². The van der Waals surface area contributed by atoms with E-state index >= 15 is 0 Å². The minimum absolute atomic E-state index is 0.0412. The molecule has 1 aliphatic heterocycles. The number of methoxy groups -OCH3 is 1. The van der Waals surface area contributed by atoms with Crippen LogP contribution in [0.4, 0.5) is 0 Å². The molecule has 16 heavy (non-hydrogen) atoms. The number of hydrogen-bond donors (Lipinski definition) is 1. The van der Waals surface area contributed by atoms with Crippen LogP contribution in [0.2, 0.25) is 0 Å². The number of hydrogen-bond acceptors (Lipinski definition) is 3. The zero-order valence-corrected chi connectivity index (χ0v) is 11.7. The lowest BCUT2D eigenvalue weighted by Gasteiger charge is -2.45. The molecule has 3 heteroatoms. The highest BCUT2D eigenvalue weighted by Gasteiger charge is 2.34. The number of rotatable bonds is 4. The molecule has 0 aromatic rings. The van der Waals surface area contributed by atoms with E-state index in [4.69, 9.17) is 4.74 Å². The molecule has 3 nitrogen and oxygen atoms in total. The summed E-state index contributed by atoms with van der Waals surface area (Å²) in [5.74, 6) is 0.700. The number of piperidine rings is 1. The molecule has 1 saturated heterocycles. The highest BCUT2D eigenvalue weighted by molar-refractivity contribution is 4.90. The van der Waals surface area contributed by atoms with E-state index in [-0.39, 0.29) is 5.60 Å². The topological polar surface area (TPSA) is 24.5 Å². The first-order valence-electron chi connectivity index (χ1n) is 6.37. The average Bonchev–Trinajstić information content (AvgIpc) is 2.25. The quantitative estimate of drug-likeness (QED) is 0.793. The smallest absolute Gasteiger partial charge is 0.0749 e. The maximum absolute atomic E-state index is 5.52. The minimum Gasteiger partial charge on any atom is -0.377 e. The Morgan fingerprint density at radius 1 is 1.38 bits per heavy atom. The van der Waals surface area contributed by atoms with Crippen LogP contribution >= 0.6 is 0 Å². The van der Waals surface area contributed by atoms with Crippen LogP contribution in [-0.2, 0) is 4.74 Å². The first-order valence-corrected chi connectivity index (χ1v) is 6.37. The van der Waals surface area contributed by atoms with Crippen LogP contribution in [0.25, 0.3) is 0 Å². The molecule has 1 heterocycles. The van der Waals surface area contributed by atoms with Crippen molar-refractivity contribution in [3.8, 4) is 0 Å². The van der Waals surface area contributed by atoms with E-state index in [1.165, 1.54) is 13.0 Å². The fourth-order valence-electron chi connectivity index (χ4n) is 2.62. The molecular weight excluding hydrogens is 200 g/mol. The molecule has 0 saturated carbocycles. The van der Waals surface area contributed by atoms with Gasteiger partial charge in [-0.2, -0.15) is 0 Å². The second kappa shape index (κ2) is 5.48. The first-order chi connectivity index (χ1) is 7.41. The van der Waals surface area contributed by atoms with Crippen LogP contribution in [0.5, 0.6) is 0 Å². The summed E-state index contributed by atoms with van der Waals surface area (Å²) in [6.45, 7) is 11.2. The SMILES string of the molecule is CNC1CCN(CC(C)(C)OC)C(C)C1C. The van der Waals surface area contributed by atoms with Crippen LogP contribution in [0, 0.1) is 5.92 Å². The van der Waals surface area contributed by atoms with Crippen molar-refractivity contribution >= 4 is 0 Å². The molecule has 3 unspecified atom stereocenters. The van der Waals surface area contributed by atoms with Crippen molar-refractivity contribution in [2.75, 3.05) is 27.2 Å². The van der Waals surface area contributed by atoms with Crippen molar-refractivity contribution in [1.82, 2.24) is 10.2 Å². The predicted molar refractivity (Wildman–Crippen MR) is 68.8 cm³/mol. The standard InChI is InChI=1S/C13H28N2O/c1-10-11(2)15(8-7-12(10)14-5)9-13(3,4)16-6/h10-12,14H,7-9H2,1-6H3. The molecule has 0 radical (unpaired) electrons. The Labute approximate surface area is 101 Å². The van der Waals surface area contributed by atoms with Gasteiger partial charge in [-0.05, 0) is 40.2 Å². The van der Waals surface area contributed by atoms with Gasteiger partial charge in [-0.1, -0.05) is 6.92 Å². The van der Waals surface area contributed by atoms with Gasteiger partial charge in [0.2, 0.25) is 0 Å². The highest BCUT2D eigenvalue weighted by atomic mass is 16.5. The fraction of sp³-hybridized carbons (Fsp3) is 1.00. The van der Waals surface area contributed by atoms with Gasteiger partial charge >= 0.3 is 0 Å². The Morgan fingerprint density at radius 2 is 2.00 bits per heavy atom. The molecule has 1 N–H and O–H groups in total. The monoisotopic (exact) mass is 228 g/mol. The molecule has 0 spiro atoms. The van der Waals surface area contributed by atoms with Crippen LogP contribution in [0.15, 0.2) is 0 Å². The van der Waals surface area contributed by atoms with Gasteiger partial charge in [-0.3, -0.25) is 4.90 Å². The summed E-state index contributed by atoms with van der Waals surface area (Å²) in [5, 5.41) is 3.42. The second-order valence-electron chi connectivity index (χ2n) is 5.72. The fourth-order valence-corrected chi connectivity index (χ4v) is 2.62. The van der Waals surface area contributed by atoms with Crippen LogP contribution in [0.1, 0.15) is 34.1 Å². The Kier molecular flexibility index (Phi) is 4.77. The molecule has 0 aromatic carbocycles. The van der Waals surface area contributed by atoms with Gasteiger partial charge in [0.1, 0.15) is 0 Å². The Morgan fingerprint density at radius 3 is 2.50 bits per heavy atom. The average molecular weight is 228 g/mol. The molecule has 1 aliphatic rings. The zero-order valence-electron chi connectivity index (χ0n) is 11.7. The maximum Gasteiger partial charge on any atom is 0.0749 e. The Hall–Kier alpha value is -0.120. The molecule has 0 aromatic heterocycles. The summed E-state index contributed by atoms with van der Waals surface area (Å²) in [6, 6.07) is 1.29. The molecular formula is C13H28N2O. The molecule has 96 valence electrons. The molecule has 1 fully saturated rings. The van der Waals surface area contributed by atoms with Crippen molar-refractivity contribution in [2.24, 2.45) is 5.92 Å². The summed E-state index contributed by atoms with van der Waals surface area (Å²) in [7, 11) is 3.87. The molecule has 1 rings (SSSR count). The molecule has 3 atom stereocenters. The largest absolute Gasteiger partial charge is 0.377 e. The van der Waals surface area contributed by atoms with Gasteiger partial charge in [0.15, 0.2) is 0 Å². The third-order valence-electron chi connectivity index (χ3n) is 4.21. The van der Waals surface area contributed by atoms with E-state index in [9.17, 15) is 0 Å². The van der Waals surface area contributed by atoms with Gasteiger partial charge < -0.3 is 10.1 Å². The lowest BCUT2D eigenvalue weighted by atomic mass is 9.86. The number of likely N-dealkylation sites (tertiary alicyclic amines) is 1. The van der Waals surface area contributed by atoms with Gasteiger partial charge in [0, 0.05) is 32.3 Å². The summed E-state index contributed by atoms with van der Waals surface area (Å²) in [5.41, 5.74) is -0.0412. The highest BCUT2D eigenvalue weighted by Crippen LogP contribution is 2.25. The van der Waals surface area contributed by atoms with Crippen molar-refractivity contribution in [3.05, 3.63) is 0 Å². The third-order valence-corrected chi connectivity index (χ3v) is 4.21. The zero-order chi connectivity index (χ0) is 12.3. The molecule has 0 bridgehead atoms. The Bertz CT molecular complexity index is 218. The van der Waals surface area contributed by atoms with Crippen molar-refractivity contribution < 1.29 is 4.74 Å². The summed E-state index contributed by atoms with van der Waals surface area (Å²) < 4.78 is 5.52. The molecule has 0 amide bonds. The van der Waals surface area contributed by atoms with Crippen molar-refractivity contribution in [3.63, 3.8) is 0 Å². The lowest BCUT2D eigenvalue weighted by molar-refractivity contribution is -0.0343. The van der Waals surface area contributed by atoms with Gasteiger partial charge in [0.25, 0.3) is 0 Å². The number of ether oxygens (including phenoxy) is 1. The Balaban J connectivity index is 2.58. The predicted octanol–water partition coefficient (Wildman–Crippen LogP) is 1.73. The maximum atomic E-state index is 5.52. The van der Waals surface area contributed by atoms with E-state index in [0.717, 1.165) is 6.54 Å². The minimum atomic E-state index is -0.0412. The number of nitrogens with zero attached hydrogens (tertiary/aromatic N) is 1. The summed E-state index contributed by atoms with van der Waals surface area (Å²) >= 11 is 0. The van der Waals surface area contributed by atoms with Crippen LogP contribution < -0.4 is 5.32 Å². The second-order valence-corrected chi connectivity index (χ2v) is 5.72. The van der Waals surface area contributed by atoms with E-state index < -0.39 is 0 Å². The van der Waals surface area contributed by atoms with Crippen LogP contribution in [-0.4, -0.2) is 49.8 Å². The number of nitrogens with one attached hydrogen (secondary N) is 1. The third kappa shape index (κ3) is 3.19. The lowest BCUT2D eigenvalue weighted by Crippen LogP contribution is -2.55. The van der Waals surface area contributed by atoms with E-state index in [1.807, 2.05) is 0 Å². The van der Waals surface area contributed by atoms with Crippen LogP contribution in [0.3, 0.4) is 0 Å². The normalized spacial score (nSPS) is 33.0. The van der Waals surface area contributed by atoms with Gasteiger partial charge in [-0.25, -0.2) is 0 Å². The summed E-state index contributed by atoms with van der Waals surface area (Å²) in [6.07, 6.45) is 1.24. The van der Waals surface area contributed by atoms with Crippen molar-refractivity contribution in [1.29, 1.82) is 0 Å².